The number of nitrogens with one attached hydrogen (secondary N) is 1. The van der Waals surface area contributed by atoms with Crippen molar-refractivity contribution in [3.8, 4) is 5.75 Å². The van der Waals surface area contributed by atoms with Crippen molar-refractivity contribution in [3.63, 3.8) is 0 Å². The predicted molar refractivity (Wildman–Crippen MR) is 64.0 cm³/mol. The van der Waals surface area contributed by atoms with E-state index in [1.807, 2.05) is 26.1 Å². The van der Waals surface area contributed by atoms with Crippen LogP contribution in [0.2, 0.25) is 0 Å². The highest BCUT2D eigenvalue weighted by Crippen LogP contribution is 2.23. The highest BCUT2D eigenvalue weighted by atomic mass is 16.5. The number of rotatable bonds is 4. The first-order valence-electron chi connectivity index (χ1n) is 4.91. The zero-order valence-electron chi connectivity index (χ0n) is 9.55. The Labute approximate surface area is 91.3 Å². The highest BCUT2D eigenvalue weighted by molar-refractivity contribution is 5.67. The van der Waals surface area contributed by atoms with E-state index >= 15 is 0 Å². The van der Waals surface area contributed by atoms with Crippen LogP contribution in [0.1, 0.15) is 18.1 Å². The molecule has 0 unspecified atom stereocenters. The van der Waals surface area contributed by atoms with E-state index < -0.39 is 0 Å². The van der Waals surface area contributed by atoms with Gasteiger partial charge in [-0.2, -0.15) is 0 Å². The summed E-state index contributed by atoms with van der Waals surface area (Å²) in [4.78, 5) is 0. The fourth-order valence-electron chi connectivity index (χ4n) is 1.47. The van der Waals surface area contributed by atoms with E-state index in [-0.39, 0.29) is 0 Å². The van der Waals surface area contributed by atoms with Crippen LogP contribution in [0, 0.1) is 0 Å². The Balaban J connectivity index is 3.22. The van der Waals surface area contributed by atoms with Crippen LogP contribution in [-0.4, -0.2) is 14.2 Å². The van der Waals surface area contributed by atoms with Crippen molar-refractivity contribution in [2.75, 3.05) is 14.2 Å². The maximum Gasteiger partial charge on any atom is 0.119 e. The average molecular weight is 203 g/mol. The Hall–Kier alpha value is -1.50. The summed E-state index contributed by atoms with van der Waals surface area (Å²) in [6.45, 7) is 6.50. The van der Waals surface area contributed by atoms with Crippen LogP contribution in [0.25, 0.3) is 5.57 Å². The normalized spacial score (nSPS) is 9.53. The first kappa shape index (κ1) is 11.6. The molecule has 1 rings (SSSR count). The van der Waals surface area contributed by atoms with Gasteiger partial charge in [0.2, 0.25) is 0 Å². The summed E-state index contributed by atoms with van der Waals surface area (Å²) in [5, 5.41) is 3.14. The van der Waals surface area contributed by atoms with Crippen LogP contribution < -0.4 is 10.1 Å². The second-order valence-corrected chi connectivity index (χ2v) is 3.36. The molecule has 1 aromatic rings. The molecule has 1 aromatic carbocycles. The van der Waals surface area contributed by atoms with Crippen molar-refractivity contribution >= 4 is 5.57 Å². The van der Waals surface area contributed by atoms with Crippen molar-refractivity contribution in [2.45, 2.75) is 13.5 Å². The molecule has 0 aliphatic carbocycles. The van der Waals surface area contributed by atoms with Gasteiger partial charge in [0.25, 0.3) is 0 Å². The third-order valence-electron chi connectivity index (χ3n) is 2.35. The number of benzene rings is 1. The monoisotopic (exact) mass is 203 g/mol. The smallest absolute Gasteiger partial charge is 0.119 e. The fraction of sp³-hybridized carbons (Fsp3) is 0.308. The zero-order chi connectivity index (χ0) is 11.3. The second-order valence-electron chi connectivity index (χ2n) is 3.36. The molecule has 0 saturated heterocycles. The van der Waals surface area contributed by atoms with Crippen LogP contribution in [0.5, 0.6) is 5.75 Å². The van der Waals surface area contributed by atoms with Crippen molar-refractivity contribution in [3.05, 3.63) is 41.6 Å². The van der Waals surface area contributed by atoms with E-state index in [4.69, 9.17) is 4.74 Å². The van der Waals surface area contributed by atoms with E-state index in [1.54, 1.807) is 7.11 Å². The molecule has 0 aliphatic heterocycles. The molecule has 1 N–H and O–H groups in total. The van der Waals surface area contributed by atoms with E-state index in [0.29, 0.717) is 0 Å². The minimum absolute atomic E-state index is 0.832. The molecule has 0 spiro atoms. The van der Waals surface area contributed by atoms with Gasteiger partial charge in [0.05, 0.1) is 7.11 Å². The Morgan fingerprint density at radius 1 is 1.53 bits per heavy atom. The van der Waals surface area contributed by atoms with Gasteiger partial charge in [-0.1, -0.05) is 12.6 Å². The Kier molecular flexibility index (Phi) is 4.17. The van der Waals surface area contributed by atoms with Gasteiger partial charge in [0.1, 0.15) is 5.75 Å². The lowest BCUT2D eigenvalue weighted by Crippen LogP contribution is -2.07. The average Bonchev–Trinajstić information content (AvgIpc) is 2.29. The van der Waals surface area contributed by atoms with Crippen molar-refractivity contribution in [2.24, 2.45) is 0 Å². The molecular formula is C13H17NO. The molecule has 80 valence electrons. The number of methoxy groups -OCH3 is 1. The molecule has 0 bridgehead atoms. The van der Waals surface area contributed by atoms with Gasteiger partial charge in [0.15, 0.2) is 0 Å². The molecule has 0 fully saturated rings. The molecule has 0 radical (unpaired) electrons. The molecule has 0 atom stereocenters. The highest BCUT2D eigenvalue weighted by Gasteiger charge is 2.05. The molecule has 0 heterocycles. The molecule has 0 saturated carbocycles. The maximum absolute atomic E-state index is 5.20. The van der Waals surface area contributed by atoms with E-state index in [0.717, 1.165) is 23.4 Å². The minimum atomic E-state index is 0.832. The zero-order valence-corrected chi connectivity index (χ0v) is 9.55. The van der Waals surface area contributed by atoms with Crippen molar-refractivity contribution in [1.82, 2.24) is 5.32 Å². The lowest BCUT2D eigenvalue weighted by molar-refractivity contribution is 0.414. The minimum Gasteiger partial charge on any atom is -0.497 e. The fourth-order valence-corrected chi connectivity index (χ4v) is 1.47. The van der Waals surface area contributed by atoms with Gasteiger partial charge in [0, 0.05) is 6.54 Å². The summed E-state index contributed by atoms with van der Waals surface area (Å²) in [6, 6.07) is 6.04. The third kappa shape index (κ3) is 2.72. The molecule has 15 heavy (non-hydrogen) atoms. The van der Waals surface area contributed by atoms with Crippen LogP contribution in [0.15, 0.2) is 30.5 Å². The molecule has 0 amide bonds. The molecule has 0 aliphatic rings. The van der Waals surface area contributed by atoms with E-state index in [9.17, 15) is 0 Å². The summed E-state index contributed by atoms with van der Waals surface area (Å²) in [5.41, 5.74) is 6.32. The van der Waals surface area contributed by atoms with E-state index in [2.05, 4.69) is 23.7 Å². The first-order valence-corrected chi connectivity index (χ1v) is 4.91. The van der Waals surface area contributed by atoms with Crippen LogP contribution in [0.3, 0.4) is 0 Å². The van der Waals surface area contributed by atoms with Gasteiger partial charge < -0.3 is 10.1 Å². The third-order valence-corrected chi connectivity index (χ3v) is 2.35. The molecule has 2 heteroatoms. The summed E-state index contributed by atoms with van der Waals surface area (Å²) in [5.74, 6) is 0.861. The second kappa shape index (κ2) is 5.40. The Morgan fingerprint density at radius 2 is 2.27 bits per heavy atom. The maximum atomic E-state index is 5.20. The van der Waals surface area contributed by atoms with Crippen molar-refractivity contribution in [1.29, 1.82) is 0 Å². The first-order chi connectivity index (χ1) is 7.22. The van der Waals surface area contributed by atoms with Gasteiger partial charge in [-0.25, -0.2) is 0 Å². The van der Waals surface area contributed by atoms with Gasteiger partial charge in [-0.15, -0.1) is 5.73 Å². The van der Waals surface area contributed by atoms with Crippen LogP contribution >= 0.6 is 0 Å². The molecular weight excluding hydrogens is 186 g/mol. The topological polar surface area (TPSA) is 21.3 Å². The largest absolute Gasteiger partial charge is 0.497 e. The summed E-state index contributed by atoms with van der Waals surface area (Å²) >= 11 is 0. The SMILES string of the molecule is C=C=C(C)c1cc(OC)ccc1CNC. The lowest BCUT2D eigenvalue weighted by Gasteiger charge is -2.10. The summed E-state index contributed by atoms with van der Waals surface area (Å²) in [7, 11) is 3.60. The Bertz CT molecular complexity index is 390. The standard InChI is InChI=1S/C13H17NO/c1-5-10(2)13-8-12(15-4)7-6-11(13)9-14-3/h6-8,14H,1,9H2,2-4H3. The van der Waals surface area contributed by atoms with Gasteiger partial charge >= 0.3 is 0 Å². The lowest BCUT2D eigenvalue weighted by atomic mass is 10.0. The summed E-state index contributed by atoms with van der Waals surface area (Å²) < 4.78 is 5.20. The number of ether oxygens (including phenoxy) is 1. The van der Waals surface area contributed by atoms with Gasteiger partial charge in [-0.05, 0) is 42.8 Å². The number of allylic oxidation sites excluding steroid dienone is 1. The Morgan fingerprint density at radius 3 is 2.80 bits per heavy atom. The van der Waals surface area contributed by atoms with Crippen LogP contribution in [-0.2, 0) is 6.54 Å². The quantitative estimate of drug-likeness (QED) is 0.759. The van der Waals surface area contributed by atoms with E-state index in [1.165, 1.54) is 5.56 Å². The molecule has 0 aromatic heterocycles. The number of hydrogen-bond donors (Lipinski definition) is 1. The predicted octanol–water partition coefficient (Wildman–Crippen LogP) is 2.60. The van der Waals surface area contributed by atoms with Gasteiger partial charge in [-0.3, -0.25) is 0 Å². The summed E-state index contributed by atoms with van der Waals surface area (Å²) in [6.07, 6.45) is 0. The molecule has 2 nitrogen and oxygen atoms in total. The number of hydrogen-bond acceptors (Lipinski definition) is 2. The van der Waals surface area contributed by atoms with Crippen molar-refractivity contribution < 1.29 is 4.74 Å². The van der Waals surface area contributed by atoms with Crippen LogP contribution in [0.4, 0.5) is 0 Å².